The minimum atomic E-state index is -0.690. The second-order valence-electron chi connectivity index (χ2n) is 5.39. The largest absolute Gasteiger partial charge is 0.455 e. The fraction of sp³-hybridized carbons (Fsp3) is 0.222. The zero-order valence-electron chi connectivity index (χ0n) is 13.8. The van der Waals surface area contributed by atoms with Crippen LogP contribution < -0.4 is 5.32 Å². The molecule has 132 valence electrons. The molecule has 1 N–H and O–H groups in total. The maximum absolute atomic E-state index is 13.4. The molecule has 0 heterocycles. The molecule has 7 heteroatoms. The topological polar surface area (TPSA) is 55.4 Å². The lowest BCUT2D eigenvalue weighted by Gasteiger charge is -2.09. The maximum atomic E-state index is 13.4. The van der Waals surface area contributed by atoms with E-state index in [0.29, 0.717) is 5.69 Å². The number of rotatable bonds is 6. The summed E-state index contributed by atoms with van der Waals surface area (Å²) in [5.74, 6) is -2.60. The monoisotopic (exact) mass is 365 g/mol. The highest BCUT2D eigenvalue weighted by Crippen LogP contribution is 2.22. The number of ether oxygens (including phenoxy) is 1. The van der Waals surface area contributed by atoms with Crippen molar-refractivity contribution in [2.45, 2.75) is 18.7 Å². The summed E-state index contributed by atoms with van der Waals surface area (Å²) in [5.41, 5.74) is 2.61. The molecule has 0 saturated carbocycles. The molecule has 0 bridgehead atoms. The lowest BCUT2D eigenvalue weighted by Crippen LogP contribution is -2.22. The van der Waals surface area contributed by atoms with Gasteiger partial charge in [0, 0.05) is 10.6 Å². The third-order valence-electron chi connectivity index (χ3n) is 3.26. The number of thioether (sulfide) groups is 1. The van der Waals surface area contributed by atoms with Crippen molar-refractivity contribution in [2.24, 2.45) is 0 Å². The average Bonchev–Trinajstić information content (AvgIpc) is 2.56. The Labute approximate surface area is 148 Å². The van der Waals surface area contributed by atoms with E-state index in [9.17, 15) is 18.4 Å². The van der Waals surface area contributed by atoms with Crippen molar-refractivity contribution in [1.29, 1.82) is 0 Å². The van der Waals surface area contributed by atoms with Gasteiger partial charge in [-0.25, -0.2) is 8.78 Å². The number of esters is 1. The maximum Gasteiger partial charge on any atom is 0.316 e. The molecule has 0 fully saturated rings. The van der Waals surface area contributed by atoms with E-state index in [4.69, 9.17) is 4.74 Å². The second kappa shape index (κ2) is 8.62. The van der Waals surface area contributed by atoms with Crippen LogP contribution in [0.4, 0.5) is 14.5 Å². The van der Waals surface area contributed by atoms with Crippen molar-refractivity contribution < 1.29 is 23.1 Å². The normalized spacial score (nSPS) is 10.4. The zero-order valence-corrected chi connectivity index (χ0v) is 14.6. The standard InChI is InChI=1S/C18H17F2NO3S/c1-11-3-6-15(12(2)7-11)21-17(22)9-24-18(23)10-25-16-8-13(19)4-5-14(16)20/h3-8H,9-10H2,1-2H3,(H,21,22). The molecular weight excluding hydrogens is 348 g/mol. The van der Waals surface area contributed by atoms with E-state index in [2.05, 4.69) is 5.32 Å². The van der Waals surface area contributed by atoms with Gasteiger partial charge in [0.1, 0.15) is 11.6 Å². The second-order valence-corrected chi connectivity index (χ2v) is 6.41. The number of nitrogens with one attached hydrogen (secondary N) is 1. The number of amides is 1. The predicted octanol–water partition coefficient (Wildman–Crippen LogP) is 3.86. The quantitative estimate of drug-likeness (QED) is 0.624. The molecule has 0 atom stereocenters. The molecule has 0 aliphatic rings. The Morgan fingerprint density at radius 2 is 1.88 bits per heavy atom. The summed E-state index contributed by atoms with van der Waals surface area (Å²) in [4.78, 5) is 23.5. The third-order valence-corrected chi connectivity index (χ3v) is 4.26. The molecule has 0 saturated heterocycles. The summed E-state index contributed by atoms with van der Waals surface area (Å²) < 4.78 is 31.3. The van der Waals surface area contributed by atoms with Gasteiger partial charge in [-0.3, -0.25) is 9.59 Å². The number of anilines is 1. The van der Waals surface area contributed by atoms with E-state index in [1.807, 2.05) is 26.0 Å². The number of carbonyl (C=O) groups excluding carboxylic acids is 2. The van der Waals surface area contributed by atoms with Crippen molar-refractivity contribution in [2.75, 3.05) is 17.7 Å². The van der Waals surface area contributed by atoms with Crippen molar-refractivity contribution in [3.63, 3.8) is 0 Å². The minimum absolute atomic E-state index is 0.0108. The Bertz CT molecular complexity index is 796. The molecule has 0 aliphatic heterocycles. The van der Waals surface area contributed by atoms with Gasteiger partial charge in [0.25, 0.3) is 5.91 Å². The number of hydrogen-bond donors (Lipinski definition) is 1. The summed E-state index contributed by atoms with van der Waals surface area (Å²) >= 11 is 0.808. The molecule has 0 unspecified atom stereocenters. The number of halogens is 2. The predicted molar refractivity (Wildman–Crippen MR) is 92.6 cm³/mol. The Balaban J connectivity index is 1.79. The first-order valence-corrected chi connectivity index (χ1v) is 8.44. The van der Waals surface area contributed by atoms with Crippen LogP contribution in [-0.4, -0.2) is 24.2 Å². The highest BCUT2D eigenvalue weighted by Gasteiger charge is 2.12. The molecule has 0 aromatic heterocycles. The Morgan fingerprint density at radius 1 is 1.12 bits per heavy atom. The Morgan fingerprint density at radius 3 is 2.60 bits per heavy atom. The number of benzene rings is 2. The first-order valence-electron chi connectivity index (χ1n) is 7.45. The van der Waals surface area contributed by atoms with Gasteiger partial charge in [-0.05, 0) is 43.7 Å². The van der Waals surface area contributed by atoms with Crippen LogP contribution in [0.2, 0.25) is 0 Å². The number of carbonyl (C=O) groups is 2. The van der Waals surface area contributed by atoms with Crippen LogP contribution >= 0.6 is 11.8 Å². The summed E-state index contributed by atoms with van der Waals surface area (Å²) in [5, 5.41) is 2.65. The van der Waals surface area contributed by atoms with Gasteiger partial charge in [0.05, 0.1) is 5.75 Å². The smallest absolute Gasteiger partial charge is 0.316 e. The van der Waals surface area contributed by atoms with Crippen LogP contribution in [0.3, 0.4) is 0 Å². The summed E-state index contributed by atoms with van der Waals surface area (Å²) in [6.07, 6.45) is 0. The van der Waals surface area contributed by atoms with Gasteiger partial charge >= 0.3 is 5.97 Å². The molecule has 0 aliphatic carbocycles. The van der Waals surface area contributed by atoms with Gasteiger partial charge < -0.3 is 10.1 Å². The van der Waals surface area contributed by atoms with Gasteiger partial charge in [0.15, 0.2) is 6.61 Å². The van der Waals surface area contributed by atoms with E-state index in [1.54, 1.807) is 6.07 Å². The van der Waals surface area contributed by atoms with Crippen LogP contribution in [0.15, 0.2) is 41.3 Å². The van der Waals surface area contributed by atoms with Crippen LogP contribution in [0.25, 0.3) is 0 Å². The average molecular weight is 365 g/mol. The molecule has 0 radical (unpaired) electrons. The van der Waals surface area contributed by atoms with Crippen LogP contribution in [0, 0.1) is 25.5 Å². The first kappa shape index (κ1) is 18.9. The summed E-state index contributed by atoms with van der Waals surface area (Å²) in [7, 11) is 0. The molecule has 2 aromatic rings. The SMILES string of the molecule is Cc1ccc(NC(=O)COC(=O)CSc2cc(F)ccc2F)c(C)c1. The van der Waals surface area contributed by atoms with Gasteiger partial charge in [0.2, 0.25) is 0 Å². The Kier molecular flexibility index (Phi) is 6.52. The van der Waals surface area contributed by atoms with E-state index in [0.717, 1.165) is 41.1 Å². The van der Waals surface area contributed by atoms with Crippen LogP contribution in [-0.2, 0) is 14.3 Å². The molecular formula is C18H17F2NO3S. The molecule has 0 spiro atoms. The minimum Gasteiger partial charge on any atom is -0.455 e. The fourth-order valence-electron chi connectivity index (χ4n) is 2.05. The summed E-state index contributed by atoms with van der Waals surface area (Å²) in [6, 6.07) is 8.53. The third kappa shape index (κ3) is 5.86. The van der Waals surface area contributed by atoms with Crippen molar-refractivity contribution in [1.82, 2.24) is 0 Å². The van der Waals surface area contributed by atoms with E-state index in [1.165, 1.54) is 0 Å². The highest BCUT2D eigenvalue weighted by atomic mass is 32.2. The van der Waals surface area contributed by atoms with Crippen LogP contribution in [0.1, 0.15) is 11.1 Å². The van der Waals surface area contributed by atoms with Gasteiger partial charge in [-0.1, -0.05) is 17.7 Å². The number of aryl methyl sites for hydroxylation is 2. The van der Waals surface area contributed by atoms with Crippen molar-refractivity contribution >= 4 is 29.3 Å². The van der Waals surface area contributed by atoms with E-state index < -0.39 is 30.1 Å². The van der Waals surface area contributed by atoms with Crippen molar-refractivity contribution in [3.05, 3.63) is 59.2 Å². The lowest BCUT2D eigenvalue weighted by molar-refractivity contribution is -0.144. The van der Waals surface area contributed by atoms with Gasteiger partial charge in [-0.15, -0.1) is 11.8 Å². The van der Waals surface area contributed by atoms with E-state index in [-0.39, 0.29) is 10.6 Å². The molecule has 2 aromatic carbocycles. The summed E-state index contributed by atoms with van der Waals surface area (Å²) in [6.45, 7) is 3.36. The molecule has 1 amide bonds. The van der Waals surface area contributed by atoms with Gasteiger partial charge in [-0.2, -0.15) is 0 Å². The molecule has 2 rings (SSSR count). The zero-order chi connectivity index (χ0) is 18.4. The van der Waals surface area contributed by atoms with Crippen LogP contribution in [0.5, 0.6) is 0 Å². The fourth-order valence-corrected chi connectivity index (χ4v) is 2.81. The number of hydrogen-bond acceptors (Lipinski definition) is 4. The lowest BCUT2D eigenvalue weighted by atomic mass is 10.1. The molecule has 25 heavy (non-hydrogen) atoms. The van der Waals surface area contributed by atoms with Crippen molar-refractivity contribution in [3.8, 4) is 0 Å². The molecule has 4 nitrogen and oxygen atoms in total. The highest BCUT2D eigenvalue weighted by molar-refractivity contribution is 8.00. The Hall–Kier alpha value is -2.41. The van der Waals surface area contributed by atoms with E-state index >= 15 is 0 Å². The first-order chi connectivity index (χ1) is 11.8.